The molecule has 3 aromatic heterocycles. The Bertz CT molecular complexity index is 1030. The van der Waals surface area contributed by atoms with E-state index in [9.17, 15) is 0 Å². The highest BCUT2D eigenvalue weighted by Crippen LogP contribution is 2.32. The second-order valence-electron chi connectivity index (χ2n) is 5.29. The van der Waals surface area contributed by atoms with Gasteiger partial charge in [-0.3, -0.25) is 4.98 Å². The van der Waals surface area contributed by atoms with E-state index in [-0.39, 0.29) is 0 Å². The van der Waals surface area contributed by atoms with Crippen molar-refractivity contribution in [2.24, 2.45) is 0 Å². The normalized spacial score (nSPS) is 10.8. The van der Waals surface area contributed by atoms with E-state index in [2.05, 4.69) is 20.1 Å². The molecule has 0 N–H and O–H groups in total. The standard InChI is InChI=1S/C18H15N5O2/c1-24-13-5-6-14(16(10-13)25-2)17-21-18-20-9-7-15(23(18)22-17)12-4-3-8-19-11-12/h3-11H,1-2H3. The van der Waals surface area contributed by atoms with E-state index >= 15 is 0 Å². The molecular weight excluding hydrogens is 318 g/mol. The molecule has 0 aliphatic rings. The fraction of sp³-hybridized carbons (Fsp3) is 0.111. The number of fused-ring (bicyclic) bond motifs is 1. The molecule has 0 unspecified atom stereocenters. The minimum atomic E-state index is 0.509. The van der Waals surface area contributed by atoms with Gasteiger partial charge in [-0.1, -0.05) is 0 Å². The number of methoxy groups -OCH3 is 2. The third-order valence-corrected chi connectivity index (χ3v) is 3.85. The Balaban J connectivity index is 1.88. The number of rotatable bonds is 4. The van der Waals surface area contributed by atoms with Crippen molar-refractivity contribution in [3.8, 4) is 34.1 Å². The summed E-state index contributed by atoms with van der Waals surface area (Å²) < 4.78 is 12.4. The van der Waals surface area contributed by atoms with Gasteiger partial charge in [0.15, 0.2) is 5.82 Å². The number of hydrogen-bond acceptors (Lipinski definition) is 6. The Morgan fingerprint density at radius 2 is 1.92 bits per heavy atom. The Morgan fingerprint density at radius 1 is 1.00 bits per heavy atom. The lowest BCUT2D eigenvalue weighted by Crippen LogP contribution is -1.96. The SMILES string of the molecule is COc1ccc(-c2nc3nccc(-c4cccnc4)n3n2)c(OC)c1. The van der Waals surface area contributed by atoms with Crippen molar-refractivity contribution in [3.05, 3.63) is 55.0 Å². The summed E-state index contributed by atoms with van der Waals surface area (Å²) in [4.78, 5) is 13.0. The summed E-state index contributed by atoms with van der Waals surface area (Å²) in [6.07, 6.45) is 5.22. The molecule has 0 atom stereocenters. The van der Waals surface area contributed by atoms with Gasteiger partial charge in [0.2, 0.25) is 0 Å². The van der Waals surface area contributed by atoms with E-state index in [0.29, 0.717) is 23.1 Å². The van der Waals surface area contributed by atoms with Crippen LogP contribution >= 0.6 is 0 Å². The van der Waals surface area contributed by atoms with Crippen LogP contribution in [0.3, 0.4) is 0 Å². The van der Waals surface area contributed by atoms with Crippen LogP contribution in [0.2, 0.25) is 0 Å². The second-order valence-corrected chi connectivity index (χ2v) is 5.29. The molecule has 0 bridgehead atoms. The van der Waals surface area contributed by atoms with Gasteiger partial charge in [0.1, 0.15) is 11.5 Å². The quantitative estimate of drug-likeness (QED) is 0.572. The van der Waals surface area contributed by atoms with Gasteiger partial charge in [-0.25, -0.2) is 4.98 Å². The zero-order chi connectivity index (χ0) is 17.2. The first kappa shape index (κ1) is 15.1. The van der Waals surface area contributed by atoms with Crippen molar-refractivity contribution in [3.63, 3.8) is 0 Å². The maximum absolute atomic E-state index is 5.45. The molecule has 124 valence electrons. The largest absolute Gasteiger partial charge is 0.497 e. The van der Waals surface area contributed by atoms with Crippen LogP contribution in [0.1, 0.15) is 0 Å². The highest BCUT2D eigenvalue weighted by molar-refractivity contribution is 5.68. The molecular formula is C18H15N5O2. The molecule has 3 heterocycles. The summed E-state index contributed by atoms with van der Waals surface area (Å²) in [6.45, 7) is 0. The summed E-state index contributed by atoms with van der Waals surface area (Å²) >= 11 is 0. The highest BCUT2D eigenvalue weighted by Gasteiger charge is 2.15. The first-order chi connectivity index (χ1) is 12.3. The van der Waals surface area contributed by atoms with Crippen LogP contribution in [0.15, 0.2) is 55.0 Å². The smallest absolute Gasteiger partial charge is 0.253 e. The van der Waals surface area contributed by atoms with Crippen molar-refractivity contribution in [2.45, 2.75) is 0 Å². The summed E-state index contributed by atoms with van der Waals surface area (Å²) in [5.41, 5.74) is 2.57. The van der Waals surface area contributed by atoms with Gasteiger partial charge in [-0.2, -0.15) is 9.50 Å². The Kier molecular flexibility index (Phi) is 3.74. The van der Waals surface area contributed by atoms with E-state index in [1.165, 1.54) is 0 Å². The maximum atomic E-state index is 5.45. The topological polar surface area (TPSA) is 74.4 Å². The van der Waals surface area contributed by atoms with Crippen LogP contribution in [0.25, 0.3) is 28.4 Å². The Hall–Kier alpha value is -3.48. The van der Waals surface area contributed by atoms with Crippen LogP contribution < -0.4 is 9.47 Å². The molecule has 0 spiro atoms. The number of nitrogens with zero attached hydrogens (tertiary/aromatic N) is 5. The van der Waals surface area contributed by atoms with Crippen molar-refractivity contribution >= 4 is 5.78 Å². The first-order valence-corrected chi connectivity index (χ1v) is 7.65. The molecule has 0 saturated carbocycles. The minimum Gasteiger partial charge on any atom is -0.497 e. The van der Waals surface area contributed by atoms with Crippen molar-refractivity contribution in [1.29, 1.82) is 0 Å². The summed E-state index contributed by atoms with van der Waals surface area (Å²) in [5.74, 6) is 2.38. The predicted octanol–water partition coefficient (Wildman–Crippen LogP) is 2.87. The highest BCUT2D eigenvalue weighted by atomic mass is 16.5. The Labute approximate surface area is 143 Å². The summed E-state index contributed by atoms with van der Waals surface area (Å²) in [5, 5.41) is 4.62. The monoisotopic (exact) mass is 333 g/mol. The molecule has 0 aliphatic carbocycles. The summed E-state index contributed by atoms with van der Waals surface area (Å²) in [6, 6.07) is 11.3. The molecule has 7 nitrogen and oxygen atoms in total. The lowest BCUT2D eigenvalue weighted by molar-refractivity contribution is 0.395. The molecule has 0 aliphatic heterocycles. The second kappa shape index (κ2) is 6.20. The molecule has 7 heteroatoms. The lowest BCUT2D eigenvalue weighted by atomic mass is 10.2. The zero-order valence-electron chi connectivity index (χ0n) is 13.7. The van der Waals surface area contributed by atoms with Crippen LogP contribution in [-0.4, -0.2) is 38.8 Å². The third-order valence-electron chi connectivity index (χ3n) is 3.85. The number of hydrogen-bond donors (Lipinski definition) is 0. The van der Waals surface area contributed by atoms with Gasteiger partial charge in [-0.15, -0.1) is 5.10 Å². The van der Waals surface area contributed by atoms with Crippen LogP contribution in [0.4, 0.5) is 0 Å². The molecule has 0 radical (unpaired) electrons. The fourth-order valence-corrected chi connectivity index (χ4v) is 2.62. The average Bonchev–Trinajstić information content (AvgIpc) is 3.12. The fourth-order valence-electron chi connectivity index (χ4n) is 2.62. The van der Waals surface area contributed by atoms with E-state index in [1.807, 2.05) is 30.3 Å². The van der Waals surface area contributed by atoms with Gasteiger partial charge in [0.05, 0.1) is 25.5 Å². The molecule has 0 saturated heterocycles. The van der Waals surface area contributed by atoms with Gasteiger partial charge >= 0.3 is 0 Å². The third kappa shape index (κ3) is 2.65. The summed E-state index contributed by atoms with van der Waals surface area (Å²) in [7, 11) is 3.22. The number of benzene rings is 1. The van der Waals surface area contributed by atoms with Crippen molar-refractivity contribution in [2.75, 3.05) is 14.2 Å². The molecule has 0 amide bonds. The average molecular weight is 333 g/mol. The van der Waals surface area contributed by atoms with Crippen LogP contribution in [-0.2, 0) is 0 Å². The van der Waals surface area contributed by atoms with Crippen molar-refractivity contribution < 1.29 is 9.47 Å². The van der Waals surface area contributed by atoms with Crippen LogP contribution in [0.5, 0.6) is 11.5 Å². The molecule has 0 fully saturated rings. The number of aromatic nitrogens is 5. The van der Waals surface area contributed by atoms with E-state index in [4.69, 9.17) is 9.47 Å². The lowest BCUT2D eigenvalue weighted by Gasteiger charge is -2.07. The van der Waals surface area contributed by atoms with Gasteiger partial charge in [0, 0.05) is 30.2 Å². The van der Waals surface area contributed by atoms with E-state index < -0.39 is 0 Å². The van der Waals surface area contributed by atoms with Gasteiger partial charge < -0.3 is 9.47 Å². The molecule has 4 aromatic rings. The Morgan fingerprint density at radius 3 is 2.68 bits per heavy atom. The van der Waals surface area contributed by atoms with E-state index in [1.54, 1.807) is 43.4 Å². The zero-order valence-corrected chi connectivity index (χ0v) is 13.7. The molecule has 4 rings (SSSR count). The van der Waals surface area contributed by atoms with E-state index in [0.717, 1.165) is 16.8 Å². The minimum absolute atomic E-state index is 0.509. The first-order valence-electron chi connectivity index (χ1n) is 7.65. The van der Waals surface area contributed by atoms with Gasteiger partial charge in [0.25, 0.3) is 5.78 Å². The molecule has 25 heavy (non-hydrogen) atoms. The van der Waals surface area contributed by atoms with Gasteiger partial charge in [-0.05, 0) is 30.3 Å². The number of pyridine rings is 1. The van der Waals surface area contributed by atoms with Crippen LogP contribution in [0, 0.1) is 0 Å². The number of ether oxygens (including phenoxy) is 2. The predicted molar refractivity (Wildman–Crippen MR) is 92.6 cm³/mol. The maximum Gasteiger partial charge on any atom is 0.253 e. The van der Waals surface area contributed by atoms with Crippen molar-refractivity contribution in [1.82, 2.24) is 24.6 Å². The molecule has 1 aromatic carbocycles.